The first-order chi connectivity index (χ1) is 13.1. The fraction of sp³-hybridized carbons (Fsp3) is 0.727. The van der Waals surface area contributed by atoms with Gasteiger partial charge in [-0.3, -0.25) is 0 Å². The highest BCUT2D eigenvalue weighted by Gasteiger charge is 2.80. The number of likely N-dealkylation sites (N-methyl/N-ethyl adjacent to an activating group) is 1. The van der Waals surface area contributed by atoms with E-state index in [4.69, 9.17) is 14.2 Å². The molecule has 0 amide bonds. The molecule has 6 atom stereocenters. The summed E-state index contributed by atoms with van der Waals surface area (Å²) >= 11 is 0. The van der Waals surface area contributed by atoms with Crippen LogP contribution in [0.25, 0.3) is 0 Å². The molecule has 5 heteroatoms. The molecule has 146 valence electrons. The van der Waals surface area contributed by atoms with Crippen LogP contribution < -0.4 is 9.47 Å². The summed E-state index contributed by atoms with van der Waals surface area (Å²) in [6.07, 6.45) is 5.29. The molecule has 0 unspecified atom stereocenters. The van der Waals surface area contributed by atoms with Crippen LogP contribution in [0.5, 0.6) is 11.5 Å². The third-order valence-electron chi connectivity index (χ3n) is 9.20. The van der Waals surface area contributed by atoms with Gasteiger partial charge in [-0.25, -0.2) is 0 Å². The molecule has 3 saturated carbocycles. The van der Waals surface area contributed by atoms with Crippen molar-refractivity contribution in [2.24, 2.45) is 11.3 Å². The number of piperidine rings is 1. The minimum atomic E-state index is -0.407. The van der Waals surface area contributed by atoms with Crippen LogP contribution in [0.2, 0.25) is 0 Å². The zero-order valence-electron chi connectivity index (χ0n) is 16.5. The number of methoxy groups -OCH3 is 2. The van der Waals surface area contributed by atoms with Crippen molar-refractivity contribution < 1.29 is 19.3 Å². The second kappa shape index (κ2) is 5.00. The molecule has 2 spiro atoms. The van der Waals surface area contributed by atoms with E-state index in [2.05, 4.69) is 24.1 Å². The number of aliphatic hydroxyl groups excluding tert-OH is 1. The van der Waals surface area contributed by atoms with Crippen molar-refractivity contribution in [1.82, 2.24) is 4.90 Å². The molecule has 4 fully saturated rings. The molecule has 1 aromatic rings. The first-order valence-electron chi connectivity index (χ1n) is 10.3. The zero-order valence-corrected chi connectivity index (χ0v) is 16.5. The SMILES string of the molecule is COc1ccc2c3c1O[C@H]1[C@@]4(OC)CC[C@@]5(C[C@@H]4CO)[C@@H](C2)N(C)CC[C@]315. The molecule has 5 nitrogen and oxygen atoms in total. The monoisotopic (exact) mass is 371 g/mol. The summed E-state index contributed by atoms with van der Waals surface area (Å²) in [6.45, 7) is 1.26. The largest absolute Gasteiger partial charge is 0.493 e. The van der Waals surface area contributed by atoms with Crippen LogP contribution >= 0.6 is 0 Å². The van der Waals surface area contributed by atoms with Gasteiger partial charge in [0.1, 0.15) is 11.7 Å². The van der Waals surface area contributed by atoms with Gasteiger partial charge in [-0.2, -0.15) is 0 Å². The maximum Gasteiger partial charge on any atom is 0.165 e. The summed E-state index contributed by atoms with van der Waals surface area (Å²) in [7, 11) is 5.83. The topological polar surface area (TPSA) is 51.2 Å². The van der Waals surface area contributed by atoms with E-state index in [9.17, 15) is 5.11 Å². The van der Waals surface area contributed by atoms with Crippen LogP contribution in [0.15, 0.2) is 12.1 Å². The summed E-state index contributed by atoms with van der Waals surface area (Å²) in [6, 6.07) is 4.84. The first kappa shape index (κ1) is 16.6. The van der Waals surface area contributed by atoms with Gasteiger partial charge in [-0.15, -0.1) is 0 Å². The highest BCUT2D eigenvalue weighted by molar-refractivity contribution is 5.63. The molecule has 0 aromatic heterocycles. The van der Waals surface area contributed by atoms with Crippen molar-refractivity contribution in [3.8, 4) is 11.5 Å². The van der Waals surface area contributed by atoms with Gasteiger partial charge in [-0.1, -0.05) is 6.07 Å². The Morgan fingerprint density at radius 2 is 2.11 bits per heavy atom. The number of fused-ring (bicyclic) bond motifs is 2. The Bertz CT molecular complexity index is 827. The molecule has 0 radical (unpaired) electrons. The third-order valence-corrected chi connectivity index (χ3v) is 9.20. The van der Waals surface area contributed by atoms with E-state index in [1.165, 1.54) is 11.1 Å². The van der Waals surface area contributed by atoms with Gasteiger partial charge in [0, 0.05) is 42.1 Å². The zero-order chi connectivity index (χ0) is 18.6. The molecule has 4 aliphatic carbocycles. The van der Waals surface area contributed by atoms with Crippen LogP contribution in [0.3, 0.4) is 0 Å². The average molecular weight is 371 g/mol. The molecule has 2 heterocycles. The quantitative estimate of drug-likeness (QED) is 0.882. The Labute approximate surface area is 160 Å². The molecular formula is C22H29NO4. The van der Waals surface area contributed by atoms with E-state index in [-0.39, 0.29) is 29.5 Å². The lowest BCUT2D eigenvalue weighted by Gasteiger charge is -2.73. The van der Waals surface area contributed by atoms with Gasteiger partial charge in [0.2, 0.25) is 0 Å². The molecule has 27 heavy (non-hydrogen) atoms. The van der Waals surface area contributed by atoms with Gasteiger partial charge in [0.05, 0.1) is 7.11 Å². The van der Waals surface area contributed by atoms with Gasteiger partial charge in [0.15, 0.2) is 11.5 Å². The van der Waals surface area contributed by atoms with Gasteiger partial charge in [0.25, 0.3) is 0 Å². The average Bonchev–Trinajstić information content (AvgIpc) is 3.07. The molecule has 1 N–H and O–H groups in total. The molecule has 4 bridgehead atoms. The normalized spacial score (nSPS) is 46.1. The van der Waals surface area contributed by atoms with Gasteiger partial charge in [-0.05, 0) is 57.3 Å². The number of ether oxygens (including phenoxy) is 3. The van der Waals surface area contributed by atoms with Crippen molar-refractivity contribution in [3.05, 3.63) is 23.3 Å². The maximum atomic E-state index is 10.3. The van der Waals surface area contributed by atoms with E-state index < -0.39 is 5.60 Å². The Kier molecular flexibility index (Phi) is 3.08. The second-order valence-electron chi connectivity index (χ2n) is 9.45. The Hall–Kier alpha value is -1.30. The molecule has 7 rings (SSSR count). The summed E-state index contributed by atoms with van der Waals surface area (Å²) in [5, 5.41) is 10.3. The van der Waals surface area contributed by atoms with Crippen molar-refractivity contribution in [2.45, 2.75) is 55.3 Å². The van der Waals surface area contributed by atoms with Crippen LogP contribution in [-0.2, 0) is 16.6 Å². The minimum Gasteiger partial charge on any atom is -0.493 e. The fourth-order valence-electron chi connectivity index (χ4n) is 8.19. The van der Waals surface area contributed by atoms with Crippen LogP contribution in [-0.4, -0.2) is 62.2 Å². The van der Waals surface area contributed by atoms with E-state index in [0.717, 1.165) is 50.1 Å². The summed E-state index contributed by atoms with van der Waals surface area (Å²) < 4.78 is 18.8. The van der Waals surface area contributed by atoms with Crippen molar-refractivity contribution in [1.29, 1.82) is 0 Å². The fourth-order valence-corrected chi connectivity index (χ4v) is 8.19. The highest BCUT2D eigenvalue weighted by atomic mass is 16.6. The van der Waals surface area contributed by atoms with E-state index in [1.54, 1.807) is 7.11 Å². The van der Waals surface area contributed by atoms with E-state index >= 15 is 0 Å². The number of hydrogen-bond donors (Lipinski definition) is 1. The Morgan fingerprint density at radius 1 is 1.26 bits per heavy atom. The van der Waals surface area contributed by atoms with Gasteiger partial charge >= 0.3 is 0 Å². The number of aliphatic hydroxyl groups is 1. The van der Waals surface area contributed by atoms with E-state index in [1.807, 2.05) is 7.11 Å². The summed E-state index contributed by atoms with van der Waals surface area (Å²) in [5.74, 6) is 1.93. The number of hydrogen-bond acceptors (Lipinski definition) is 5. The lowest BCUT2D eigenvalue weighted by molar-refractivity contribution is -0.279. The minimum absolute atomic E-state index is 0.0123. The predicted molar refractivity (Wildman–Crippen MR) is 100 cm³/mol. The smallest absolute Gasteiger partial charge is 0.165 e. The molecule has 1 aromatic carbocycles. The standard InChI is InChI=1S/C22H29NO4/c1-23-9-8-21-17-13-4-5-15(25-2)18(17)27-19(21)22(26-3)7-6-20(21,16(23)10-13)11-14(22)12-24/h4-5,14,16,19,24H,6-12H2,1-3H3/t14-,16-,19-,20-,21+,22-/m1/s1. The number of benzene rings is 1. The number of rotatable bonds is 3. The lowest BCUT2D eigenvalue weighted by atomic mass is 9.35. The maximum absolute atomic E-state index is 10.3. The molecular weight excluding hydrogens is 342 g/mol. The Balaban J connectivity index is 1.69. The molecule has 2 aliphatic heterocycles. The summed E-state index contributed by atoms with van der Waals surface area (Å²) in [5.41, 5.74) is 2.57. The molecule has 1 saturated heterocycles. The van der Waals surface area contributed by atoms with Crippen LogP contribution in [0.1, 0.15) is 36.8 Å². The van der Waals surface area contributed by atoms with Gasteiger partial charge < -0.3 is 24.2 Å². The number of likely N-dealkylation sites (tertiary alicyclic amines) is 1. The summed E-state index contributed by atoms with van der Waals surface area (Å²) in [4.78, 5) is 2.58. The first-order valence-corrected chi connectivity index (χ1v) is 10.3. The Morgan fingerprint density at radius 3 is 2.85 bits per heavy atom. The molecule has 6 aliphatic rings. The number of nitrogens with zero attached hydrogens (tertiary/aromatic N) is 1. The van der Waals surface area contributed by atoms with Crippen molar-refractivity contribution >= 4 is 0 Å². The second-order valence-corrected chi connectivity index (χ2v) is 9.45. The van der Waals surface area contributed by atoms with E-state index in [0.29, 0.717) is 6.04 Å². The van der Waals surface area contributed by atoms with Crippen molar-refractivity contribution in [2.75, 3.05) is 34.4 Å². The highest BCUT2D eigenvalue weighted by Crippen LogP contribution is 2.76. The predicted octanol–water partition coefficient (Wildman–Crippen LogP) is 2.13. The van der Waals surface area contributed by atoms with Crippen LogP contribution in [0, 0.1) is 11.3 Å². The third kappa shape index (κ3) is 1.51. The van der Waals surface area contributed by atoms with Crippen LogP contribution in [0.4, 0.5) is 0 Å². The van der Waals surface area contributed by atoms with Crippen molar-refractivity contribution in [3.63, 3.8) is 0 Å². The lowest BCUT2D eigenvalue weighted by Crippen LogP contribution is -2.81.